The van der Waals surface area contributed by atoms with Gasteiger partial charge in [-0.3, -0.25) is 8.68 Å². The van der Waals surface area contributed by atoms with Crippen molar-refractivity contribution in [3.8, 4) is 5.75 Å². The first kappa shape index (κ1) is 16.9. The van der Waals surface area contributed by atoms with Crippen molar-refractivity contribution >= 4 is 8.45 Å². The van der Waals surface area contributed by atoms with Gasteiger partial charge in [0.05, 0.1) is 0 Å². The SMILES string of the molecule is CCCCCCc1ccc(OP(n2cccc2)n2cccc2)cc1. The average Bonchev–Trinajstić information content (AvgIpc) is 3.31. The zero-order valence-electron chi connectivity index (χ0n) is 14.2. The van der Waals surface area contributed by atoms with E-state index in [1.807, 2.05) is 49.1 Å². The van der Waals surface area contributed by atoms with Gasteiger partial charge < -0.3 is 4.52 Å². The number of rotatable bonds is 9. The maximum absolute atomic E-state index is 6.29. The van der Waals surface area contributed by atoms with Crippen molar-refractivity contribution in [1.82, 2.24) is 8.68 Å². The number of unbranched alkanes of at least 4 members (excludes halogenated alkanes) is 3. The van der Waals surface area contributed by atoms with Crippen LogP contribution in [0.3, 0.4) is 0 Å². The number of aryl methyl sites for hydroxylation is 1. The van der Waals surface area contributed by atoms with Crippen LogP contribution in [0.1, 0.15) is 38.2 Å². The van der Waals surface area contributed by atoms with E-state index in [9.17, 15) is 0 Å². The minimum Gasteiger partial charge on any atom is -0.436 e. The molecule has 2 heterocycles. The van der Waals surface area contributed by atoms with Gasteiger partial charge in [0.2, 0.25) is 0 Å². The fourth-order valence-corrected chi connectivity index (χ4v) is 4.16. The highest BCUT2D eigenvalue weighted by Gasteiger charge is 2.15. The summed E-state index contributed by atoms with van der Waals surface area (Å²) >= 11 is 0. The Morgan fingerprint density at radius 3 is 1.92 bits per heavy atom. The smallest absolute Gasteiger partial charge is 0.317 e. The van der Waals surface area contributed by atoms with Crippen LogP contribution in [-0.2, 0) is 6.42 Å². The third-order valence-corrected chi connectivity index (χ3v) is 5.70. The summed E-state index contributed by atoms with van der Waals surface area (Å²) in [5.41, 5.74) is 1.39. The van der Waals surface area contributed by atoms with Gasteiger partial charge in [0.1, 0.15) is 5.75 Å². The van der Waals surface area contributed by atoms with Crippen LogP contribution in [-0.4, -0.2) is 8.68 Å². The van der Waals surface area contributed by atoms with E-state index in [4.69, 9.17) is 4.52 Å². The van der Waals surface area contributed by atoms with Gasteiger partial charge in [-0.25, -0.2) is 0 Å². The lowest BCUT2D eigenvalue weighted by molar-refractivity contribution is 0.592. The molecule has 3 nitrogen and oxygen atoms in total. The minimum absolute atomic E-state index is 0.917. The van der Waals surface area contributed by atoms with Gasteiger partial charge in [0.15, 0.2) is 0 Å². The summed E-state index contributed by atoms with van der Waals surface area (Å²) in [5, 5.41) is 0. The summed E-state index contributed by atoms with van der Waals surface area (Å²) in [6.45, 7) is 2.25. The fourth-order valence-electron chi connectivity index (χ4n) is 2.66. The molecule has 3 aromatic rings. The van der Waals surface area contributed by atoms with Crippen LogP contribution in [0.4, 0.5) is 0 Å². The number of hydrogen-bond donors (Lipinski definition) is 0. The molecule has 0 N–H and O–H groups in total. The molecule has 0 unspecified atom stereocenters. The van der Waals surface area contributed by atoms with E-state index in [-0.39, 0.29) is 0 Å². The van der Waals surface area contributed by atoms with E-state index < -0.39 is 8.45 Å². The molecular weight excluding hydrogens is 315 g/mol. The first-order chi connectivity index (χ1) is 11.9. The van der Waals surface area contributed by atoms with Gasteiger partial charge in [-0.05, 0) is 54.8 Å². The lowest BCUT2D eigenvalue weighted by atomic mass is 10.1. The Kier molecular flexibility index (Phi) is 6.14. The van der Waals surface area contributed by atoms with Crippen LogP contribution in [0.15, 0.2) is 73.3 Å². The Morgan fingerprint density at radius 1 is 0.792 bits per heavy atom. The highest BCUT2D eigenvalue weighted by molar-refractivity contribution is 7.49. The monoisotopic (exact) mass is 340 g/mol. The van der Waals surface area contributed by atoms with Gasteiger partial charge in [-0.1, -0.05) is 38.3 Å². The molecule has 0 aliphatic heterocycles. The Balaban J connectivity index is 1.65. The third kappa shape index (κ3) is 4.52. The summed E-state index contributed by atoms with van der Waals surface area (Å²) < 4.78 is 10.5. The molecule has 0 aliphatic rings. The van der Waals surface area contributed by atoms with Crippen LogP contribution in [0, 0.1) is 0 Å². The van der Waals surface area contributed by atoms with Gasteiger partial charge in [0.25, 0.3) is 0 Å². The van der Waals surface area contributed by atoms with Crippen molar-refractivity contribution in [3.63, 3.8) is 0 Å². The number of benzene rings is 1. The van der Waals surface area contributed by atoms with E-state index in [0.29, 0.717) is 0 Å². The van der Waals surface area contributed by atoms with Crippen molar-refractivity contribution in [2.24, 2.45) is 0 Å². The largest absolute Gasteiger partial charge is 0.436 e. The Hall–Kier alpha value is -1.99. The molecule has 1 aromatic carbocycles. The Morgan fingerprint density at radius 2 is 1.38 bits per heavy atom. The van der Waals surface area contributed by atoms with Crippen LogP contribution in [0.5, 0.6) is 5.75 Å². The normalized spacial score (nSPS) is 11.1. The molecule has 0 bridgehead atoms. The fraction of sp³-hybridized carbons (Fsp3) is 0.300. The summed E-state index contributed by atoms with van der Waals surface area (Å²) in [7, 11) is -0.945. The van der Waals surface area contributed by atoms with Crippen LogP contribution >= 0.6 is 8.45 Å². The predicted octanol–water partition coefficient (Wildman–Crippen LogP) is 6.11. The quantitative estimate of drug-likeness (QED) is 0.339. The molecule has 126 valence electrons. The molecule has 0 amide bonds. The van der Waals surface area contributed by atoms with Crippen molar-refractivity contribution in [2.75, 3.05) is 0 Å². The van der Waals surface area contributed by atoms with Crippen molar-refractivity contribution in [3.05, 3.63) is 78.9 Å². The van der Waals surface area contributed by atoms with Crippen LogP contribution < -0.4 is 4.52 Å². The number of hydrogen-bond acceptors (Lipinski definition) is 1. The van der Waals surface area contributed by atoms with Crippen molar-refractivity contribution in [2.45, 2.75) is 39.0 Å². The first-order valence-electron chi connectivity index (χ1n) is 8.70. The topological polar surface area (TPSA) is 19.1 Å². The van der Waals surface area contributed by atoms with E-state index in [1.54, 1.807) is 0 Å². The van der Waals surface area contributed by atoms with Crippen LogP contribution in [0.2, 0.25) is 0 Å². The van der Waals surface area contributed by atoms with Gasteiger partial charge in [-0.15, -0.1) is 0 Å². The highest BCUT2D eigenvalue weighted by atomic mass is 31.2. The second-order valence-corrected chi connectivity index (χ2v) is 7.54. The molecule has 0 saturated carbocycles. The summed E-state index contributed by atoms with van der Waals surface area (Å²) in [4.78, 5) is 0. The lowest BCUT2D eigenvalue weighted by Gasteiger charge is -2.20. The predicted molar refractivity (Wildman–Crippen MR) is 101 cm³/mol. The Bertz CT molecular complexity index is 656. The molecule has 24 heavy (non-hydrogen) atoms. The van der Waals surface area contributed by atoms with Gasteiger partial charge in [-0.2, -0.15) is 0 Å². The lowest BCUT2D eigenvalue weighted by Crippen LogP contribution is -2.03. The van der Waals surface area contributed by atoms with E-state index >= 15 is 0 Å². The zero-order valence-corrected chi connectivity index (χ0v) is 15.1. The zero-order chi connectivity index (χ0) is 16.6. The maximum Gasteiger partial charge on any atom is 0.317 e. The minimum atomic E-state index is -0.945. The molecule has 0 radical (unpaired) electrons. The van der Waals surface area contributed by atoms with E-state index in [0.717, 1.165) is 12.2 Å². The average molecular weight is 340 g/mol. The number of nitrogens with zero attached hydrogens (tertiary/aromatic N) is 2. The summed E-state index contributed by atoms with van der Waals surface area (Å²) in [6.07, 6.45) is 14.6. The molecule has 0 spiro atoms. The maximum atomic E-state index is 6.29. The third-order valence-electron chi connectivity index (χ3n) is 4.00. The molecule has 0 aliphatic carbocycles. The number of aromatic nitrogens is 2. The standard InChI is InChI=1S/C20H25N2OP/c1-2-3-4-5-10-19-11-13-20(14-12-19)23-24(21-15-6-7-16-21)22-17-8-9-18-22/h6-9,11-18H,2-5,10H2,1H3. The molecule has 4 heteroatoms. The second-order valence-electron chi connectivity index (χ2n) is 5.92. The van der Waals surface area contributed by atoms with E-state index in [2.05, 4.69) is 39.9 Å². The van der Waals surface area contributed by atoms with Gasteiger partial charge >= 0.3 is 8.45 Å². The van der Waals surface area contributed by atoms with E-state index in [1.165, 1.54) is 31.2 Å². The molecule has 0 atom stereocenters. The summed E-state index contributed by atoms with van der Waals surface area (Å²) in [5.74, 6) is 0.917. The first-order valence-corrected chi connectivity index (χ1v) is 9.87. The van der Waals surface area contributed by atoms with Crippen molar-refractivity contribution < 1.29 is 4.52 Å². The summed E-state index contributed by atoms with van der Waals surface area (Å²) in [6, 6.07) is 16.7. The molecule has 2 aromatic heterocycles. The molecule has 0 fully saturated rings. The Labute approximate surface area is 145 Å². The molecule has 0 saturated heterocycles. The molecule has 3 rings (SSSR count). The second kappa shape index (κ2) is 8.75. The van der Waals surface area contributed by atoms with Crippen molar-refractivity contribution in [1.29, 1.82) is 0 Å². The van der Waals surface area contributed by atoms with Gasteiger partial charge in [0, 0.05) is 24.8 Å². The van der Waals surface area contributed by atoms with Crippen LogP contribution in [0.25, 0.3) is 0 Å². The highest BCUT2D eigenvalue weighted by Crippen LogP contribution is 2.41. The molecular formula is C20H25N2OP.